The largest absolute Gasteiger partial charge is 0.449 e. The molecule has 1 N–H and O–H groups in total. The average Bonchev–Trinajstić information content (AvgIpc) is 2.62. The lowest BCUT2D eigenvalue weighted by Crippen LogP contribution is -2.30. The van der Waals surface area contributed by atoms with Crippen molar-refractivity contribution >= 4 is 34.9 Å². The summed E-state index contributed by atoms with van der Waals surface area (Å²) in [7, 11) is 0. The molecule has 0 spiro atoms. The number of hydrogen-bond donors (Lipinski definition) is 1. The predicted molar refractivity (Wildman–Crippen MR) is 93.1 cm³/mol. The van der Waals surface area contributed by atoms with Crippen molar-refractivity contribution in [2.45, 2.75) is 19.2 Å². The Morgan fingerprint density at radius 3 is 2.50 bits per heavy atom. The molecule has 2 aromatic rings. The molecule has 0 aliphatic heterocycles. The van der Waals surface area contributed by atoms with Crippen molar-refractivity contribution < 1.29 is 32.4 Å². The maximum atomic E-state index is 12.7. The van der Waals surface area contributed by atoms with E-state index in [1.54, 1.807) is 0 Å². The van der Waals surface area contributed by atoms with Gasteiger partial charge in [-0.1, -0.05) is 17.7 Å². The number of hydrogen-bond acceptors (Lipinski definition) is 5. The molecule has 11 heteroatoms. The summed E-state index contributed by atoms with van der Waals surface area (Å²) in [5.41, 5.74) is -1.83. The van der Waals surface area contributed by atoms with E-state index >= 15 is 0 Å². The number of anilines is 1. The molecule has 1 amide bonds. The molecule has 148 valence electrons. The van der Waals surface area contributed by atoms with Crippen molar-refractivity contribution in [3.05, 3.63) is 68.7 Å². The molecular formula is C17H12ClF3N2O5. The van der Waals surface area contributed by atoms with E-state index in [1.807, 2.05) is 0 Å². The molecule has 2 aromatic carbocycles. The summed E-state index contributed by atoms with van der Waals surface area (Å²) in [6, 6.07) is 6.89. The lowest BCUT2D eigenvalue weighted by molar-refractivity contribution is -0.384. The zero-order valence-electron chi connectivity index (χ0n) is 14.1. The number of non-ortho nitro benzene ring substituents is 1. The number of nitro benzene ring substituents is 1. The maximum absolute atomic E-state index is 12.7. The Morgan fingerprint density at radius 1 is 1.21 bits per heavy atom. The van der Waals surface area contributed by atoms with Crippen molar-refractivity contribution in [3.63, 3.8) is 0 Å². The molecule has 0 aliphatic carbocycles. The van der Waals surface area contributed by atoms with E-state index in [4.69, 9.17) is 16.3 Å². The number of carbonyl (C=O) groups is 2. The minimum Gasteiger partial charge on any atom is -0.449 e. The van der Waals surface area contributed by atoms with E-state index in [0.29, 0.717) is 6.07 Å². The van der Waals surface area contributed by atoms with Gasteiger partial charge in [0.25, 0.3) is 11.6 Å². The third-order valence-corrected chi connectivity index (χ3v) is 3.83. The normalized spacial score (nSPS) is 12.2. The summed E-state index contributed by atoms with van der Waals surface area (Å²) in [6.45, 7) is 1.19. The Bertz CT molecular complexity index is 933. The van der Waals surface area contributed by atoms with Gasteiger partial charge >= 0.3 is 12.1 Å². The van der Waals surface area contributed by atoms with Crippen LogP contribution in [0.3, 0.4) is 0 Å². The highest BCUT2D eigenvalue weighted by Crippen LogP contribution is 2.30. The Labute approximate surface area is 161 Å². The third-order valence-electron chi connectivity index (χ3n) is 3.50. The molecule has 0 heterocycles. The van der Waals surface area contributed by atoms with E-state index in [0.717, 1.165) is 30.3 Å². The molecule has 0 aliphatic rings. The zero-order valence-corrected chi connectivity index (χ0v) is 14.9. The van der Waals surface area contributed by atoms with Gasteiger partial charge in [-0.2, -0.15) is 13.2 Å². The highest BCUT2D eigenvalue weighted by Gasteiger charge is 2.31. The molecule has 28 heavy (non-hydrogen) atoms. The summed E-state index contributed by atoms with van der Waals surface area (Å²) >= 11 is 5.86. The lowest BCUT2D eigenvalue weighted by atomic mass is 10.1. The first kappa shape index (κ1) is 21.2. The van der Waals surface area contributed by atoms with Gasteiger partial charge in [0.2, 0.25) is 0 Å². The molecule has 0 radical (unpaired) electrons. The fraction of sp³-hybridized carbons (Fsp3) is 0.176. The van der Waals surface area contributed by atoms with Crippen molar-refractivity contribution in [1.82, 2.24) is 0 Å². The fourth-order valence-electron chi connectivity index (χ4n) is 2.06. The van der Waals surface area contributed by atoms with Gasteiger partial charge in [-0.25, -0.2) is 4.79 Å². The lowest BCUT2D eigenvalue weighted by Gasteiger charge is -2.15. The highest BCUT2D eigenvalue weighted by molar-refractivity contribution is 6.33. The van der Waals surface area contributed by atoms with Crippen molar-refractivity contribution in [1.29, 1.82) is 0 Å². The zero-order chi connectivity index (χ0) is 21.1. The molecule has 0 unspecified atom stereocenters. The first-order valence-corrected chi connectivity index (χ1v) is 8.00. The van der Waals surface area contributed by atoms with E-state index in [-0.39, 0.29) is 22.0 Å². The van der Waals surface area contributed by atoms with Crippen LogP contribution in [0.1, 0.15) is 22.8 Å². The second-order valence-corrected chi connectivity index (χ2v) is 5.94. The van der Waals surface area contributed by atoms with Gasteiger partial charge < -0.3 is 10.1 Å². The molecule has 2 rings (SSSR count). The molecule has 7 nitrogen and oxygen atoms in total. The summed E-state index contributed by atoms with van der Waals surface area (Å²) < 4.78 is 43.0. The van der Waals surface area contributed by atoms with Crippen LogP contribution in [0.15, 0.2) is 42.5 Å². The molecule has 0 saturated heterocycles. The van der Waals surface area contributed by atoms with E-state index in [9.17, 15) is 32.9 Å². The van der Waals surface area contributed by atoms with E-state index in [2.05, 4.69) is 5.32 Å². The number of benzene rings is 2. The number of nitrogens with one attached hydrogen (secondary N) is 1. The van der Waals surface area contributed by atoms with Gasteiger partial charge in [0.15, 0.2) is 6.10 Å². The number of nitro groups is 1. The van der Waals surface area contributed by atoms with Crippen molar-refractivity contribution in [3.8, 4) is 0 Å². The van der Waals surface area contributed by atoms with Gasteiger partial charge in [0.1, 0.15) is 0 Å². The quantitative estimate of drug-likeness (QED) is 0.441. The van der Waals surface area contributed by atoms with Gasteiger partial charge in [0.05, 0.1) is 26.8 Å². The Balaban J connectivity index is 2.10. The third kappa shape index (κ3) is 5.19. The first-order valence-electron chi connectivity index (χ1n) is 7.62. The monoisotopic (exact) mass is 416 g/mol. The first-order chi connectivity index (χ1) is 13.0. The molecule has 1 atom stereocenters. The smallest absolute Gasteiger partial charge is 0.416 e. The minimum absolute atomic E-state index is 0.00959. The van der Waals surface area contributed by atoms with E-state index in [1.165, 1.54) is 13.0 Å². The number of carbonyl (C=O) groups excluding carboxylic acids is 2. The predicted octanol–water partition coefficient (Wildman–Crippen LogP) is 4.45. The van der Waals surface area contributed by atoms with Crippen molar-refractivity contribution in [2.24, 2.45) is 0 Å². The molecule has 0 saturated carbocycles. The summed E-state index contributed by atoms with van der Waals surface area (Å²) in [5.74, 6) is -2.01. The van der Waals surface area contributed by atoms with Crippen LogP contribution in [0.2, 0.25) is 5.02 Å². The summed E-state index contributed by atoms with van der Waals surface area (Å²) in [6.07, 6.45) is -6.05. The fourth-order valence-corrected chi connectivity index (χ4v) is 2.23. The molecule has 0 fully saturated rings. The van der Waals surface area contributed by atoms with Crippen LogP contribution in [0.25, 0.3) is 0 Å². The van der Waals surface area contributed by atoms with Crippen LogP contribution < -0.4 is 5.32 Å². The SMILES string of the molecule is C[C@@H](OC(=O)c1cccc(C(F)(F)F)c1)C(=O)Nc1cc([N+](=O)[O-])ccc1Cl. The van der Waals surface area contributed by atoms with Gasteiger partial charge in [-0.3, -0.25) is 14.9 Å². The van der Waals surface area contributed by atoms with Crippen LogP contribution >= 0.6 is 11.6 Å². The number of esters is 1. The van der Waals surface area contributed by atoms with Crippen LogP contribution in [-0.2, 0) is 15.7 Å². The maximum Gasteiger partial charge on any atom is 0.416 e. The number of alkyl halides is 3. The van der Waals surface area contributed by atoms with Gasteiger partial charge in [-0.15, -0.1) is 0 Å². The Morgan fingerprint density at radius 2 is 1.89 bits per heavy atom. The van der Waals surface area contributed by atoms with Gasteiger partial charge in [0, 0.05) is 12.1 Å². The van der Waals surface area contributed by atoms with E-state index < -0.39 is 34.6 Å². The Hall–Kier alpha value is -3.14. The number of nitrogens with zero attached hydrogens (tertiary/aromatic N) is 1. The second kappa shape index (κ2) is 8.26. The topological polar surface area (TPSA) is 98.5 Å². The van der Waals surface area contributed by atoms with Crippen LogP contribution in [0, 0.1) is 10.1 Å². The number of amides is 1. The number of ether oxygens (including phenoxy) is 1. The molecule has 0 bridgehead atoms. The molecule has 0 aromatic heterocycles. The summed E-state index contributed by atoms with van der Waals surface area (Å²) in [5, 5.41) is 13.1. The van der Waals surface area contributed by atoms with Crippen LogP contribution in [0.5, 0.6) is 0 Å². The Kier molecular flexibility index (Phi) is 6.24. The summed E-state index contributed by atoms with van der Waals surface area (Å²) in [4.78, 5) is 34.3. The van der Waals surface area contributed by atoms with Crippen LogP contribution in [-0.4, -0.2) is 22.9 Å². The second-order valence-electron chi connectivity index (χ2n) is 5.54. The number of rotatable bonds is 5. The standard InChI is InChI=1S/C17H12ClF3N2O5/c1-9(15(24)22-14-8-12(23(26)27)5-6-13(14)18)28-16(25)10-3-2-4-11(7-10)17(19,20)21/h2-9H,1H3,(H,22,24)/t9-/m1/s1. The number of halogens is 4. The highest BCUT2D eigenvalue weighted by atomic mass is 35.5. The van der Waals surface area contributed by atoms with Crippen LogP contribution in [0.4, 0.5) is 24.5 Å². The average molecular weight is 417 g/mol. The van der Waals surface area contributed by atoms with Gasteiger partial charge in [-0.05, 0) is 31.2 Å². The minimum atomic E-state index is -4.64. The molecular weight excluding hydrogens is 405 g/mol. The van der Waals surface area contributed by atoms with Crippen molar-refractivity contribution in [2.75, 3.05) is 5.32 Å².